The molecule has 0 aromatic heterocycles. The van der Waals surface area contributed by atoms with Crippen LogP contribution in [0.2, 0.25) is 0 Å². The highest BCUT2D eigenvalue weighted by Gasteiger charge is 2.22. The van der Waals surface area contributed by atoms with Crippen molar-refractivity contribution in [1.29, 1.82) is 0 Å². The zero-order chi connectivity index (χ0) is 15.6. The van der Waals surface area contributed by atoms with Crippen LogP contribution in [-0.4, -0.2) is 16.0 Å². The fourth-order valence-electron chi connectivity index (χ4n) is 1.73. The molecule has 2 aromatic rings. The van der Waals surface area contributed by atoms with Crippen LogP contribution in [0.1, 0.15) is 10.4 Å². The van der Waals surface area contributed by atoms with E-state index in [1.165, 1.54) is 6.07 Å². The van der Waals surface area contributed by atoms with E-state index in [0.717, 1.165) is 24.3 Å². The molecule has 2 aromatic carbocycles. The third-order valence-electron chi connectivity index (χ3n) is 2.66. The maximum atomic E-state index is 13.6. The first kappa shape index (κ1) is 14.4. The van der Waals surface area contributed by atoms with Gasteiger partial charge in [-0.25, -0.2) is 13.6 Å². The third-order valence-corrected chi connectivity index (χ3v) is 2.66. The van der Waals surface area contributed by atoms with Gasteiger partial charge in [-0.3, -0.25) is 10.1 Å². The van der Waals surface area contributed by atoms with Crippen molar-refractivity contribution < 1.29 is 23.6 Å². The number of carbonyl (C=O) groups is 1. The summed E-state index contributed by atoms with van der Waals surface area (Å²) >= 11 is 0. The minimum absolute atomic E-state index is 0.270. The first-order valence-corrected chi connectivity index (χ1v) is 5.63. The molecule has 0 aliphatic carbocycles. The maximum absolute atomic E-state index is 13.6. The number of nitrogens with one attached hydrogen (secondary N) is 1. The minimum Gasteiger partial charge on any atom is -0.478 e. The molecule has 2 rings (SSSR count). The number of hydrogen-bond donors (Lipinski definition) is 2. The highest BCUT2D eigenvalue weighted by atomic mass is 19.1. The maximum Gasteiger partial charge on any atom is 0.338 e. The molecule has 108 valence electrons. The lowest BCUT2D eigenvalue weighted by Crippen LogP contribution is -2.06. The number of anilines is 2. The minimum atomic E-state index is -1.41. The monoisotopic (exact) mass is 294 g/mol. The summed E-state index contributed by atoms with van der Waals surface area (Å²) in [7, 11) is 0. The van der Waals surface area contributed by atoms with Gasteiger partial charge >= 0.3 is 5.97 Å². The van der Waals surface area contributed by atoms with Crippen LogP contribution in [0.3, 0.4) is 0 Å². The predicted octanol–water partition coefficient (Wildman–Crippen LogP) is 3.31. The van der Waals surface area contributed by atoms with Crippen LogP contribution in [0, 0.1) is 21.7 Å². The lowest BCUT2D eigenvalue weighted by atomic mass is 10.1. The molecule has 0 bridgehead atoms. The average Bonchev–Trinajstić information content (AvgIpc) is 2.41. The van der Waals surface area contributed by atoms with Crippen LogP contribution < -0.4 is 5.32 Å². The molecule has 0 amide bonds. The van der Waals surface area contributed by atoms with E-state index >= 15 is 0 Å². The molecule has 0 unspecified atom stereocenters. The number of nitro groups is 1. The van der Waals surface area contributed by atoms with E-state index in [2.05, 4.69) is 5.32 Å². The summed E-state index contributed by atoms with van der Waals surface area (Å²) in [4.78, 5) is 21.3. The Bertz CT molecular complexity index is 702. The molecule has 0 saturated heterocycles. The number of hydrogen-bond acceptors (Lipinski definition) is 4. The Labute approximate surface area is 116 Å². The standard InChI is InChI=1S/C13H8F2N2O4/c14-7-4-5-10(9(15)6-7)16-12-8(13(18)19)2-1-3-11(12)17(20)21/h1-6,16H,(H,18,19). The molecule has 8 heteroatoms. The molecule has 2 N–H and O–H groups in total. The van der Waals surface area contributed by atoms with E-state index in [0.29, 0.717) is 6.07 Å². The SMILES string of the molecule is O=C(O)c1cccc([N+](=O)[O-])c1Nc1ccc(F)cc1F. The fourth-order valence-corrected chi connectivity index (χ4v) is 1.73. The van der Waals surface area contributed by atoms with E-state index in [4.69, 9.17) is 5.11 Å². The Morgan fingerprint density at radius 1 is 1.24 bits per heavy atom. The number of carboxylic acid groups (broad SMARTS) is 1. The van der Waals surface area contributed by atoms with Crippen molar-refractivity contribution in [2.24, 2.45) is 0 Å². The summed E-state index contributed by atoms with van der Waals surface area (Å²) in [6, 6.07) is 5.97. The van der Waals surface area contributed by atoms with Crippen LogP contribution in [0.4, 0.5) is 25.8 Å². The second-order valence-electron chi connectivity index (χ2n) is 4.01. The second-order valence-corrected chi connectivity index (χ2v) is 4.01. The molecule has 0 saturated carbocycles. The van der Waals surface area contributed by atoms with Crippen LogP contribution in [0.15, 0.2) is 36.4 Å². The largest absolute Gasteiger partial charge is 0.478 e. The third kappa shape index (κ3) is 2.94. The molecule has 0 fully saturated rings. The second kappa shape index (κ2) is 5.53. The van der Waals surface area contributed by atoms with Gasteiger partial charge in [-0.1, -0.05) is 6.07 Å². The van der Waals surface area contributed by atoms with E-state index < -0.39 is 33.8 Å². The Kier molecular flexibility index (Phi) is 3.79. The molecular weight excluding hydrogens is 286 g/mol. The lowest BCUT2D eigenvalue weighted by molar-refractivity contribution is -0.383. The number of para-hydroxylation sites is 1. The van der Waals surface area contributed by atoms with Gasteiger partial charge in [-0.2, -0.15) is 0 Å². The number of aromatic carboxylic acids is 1. The first-order valence-electron chi connectivity index (χ1n) is 5.63. The molecule has 0 aliphatic heterocycles. The molecule has 0 atom stereocenters. The Morgan fingerprint density at radius 3 is 2.52 bits per heavy atom. The van der Waals surface area contributed by atoms with Gasteiger partial charge in [0.25, 0.3) is 5.69 Å². The summed E-state index contributed by atoms with van der Waals surface area (Å²) in [5.74, 6) is -3.23. The van der Waals surface area contributed by atoms with Crippen molar-refractivity contribution in [2.75, 3.05) is 5.32 Å². The van der Waals surface area contributed by atoms with E-state index in [1.54, 1.807) is 0 Å². The van der Waals surface area contributed by atoms with Crippen LogP contribution in [0.5, 0.6) is 0 Å². The van der Waals surface area contributed by atoms with E-state index in [1.807, 2.05) is 0 Å². The summed E-state index contributed by atoms with van der Waals surface area (Å²) in [5.41, 5.74) is -1.57. The Hall–Kier alpha value is -3.03. The van der Waals surface area contributed by atoms with Gasteiger partial charge in [0, 0.05) is 12.1 Å². The predicted molar refractivity (Wildman–Crippen MR) is 69.7 cm³/mol. The van der Waals surface area contributed by atoms with E-state index in [9.17, 15) is 23.7 Å². The average molecular weight is 294 g/mol. The molecule has 0 heterocycles. The van der Waals surface area contributed by atoms with Gasteiger partial charge in [0.05, 0.1) is 16.2 Å². The summed E-state index contributed by atoms with van der Waals surface area (Å²) in [6.07, 6.45) is 0. The van der Waals surface area contributed by atoms with Gasteiger partial charge in [0.2, 0.25) is 0 Å². The molecular formula is C13H8F2N2O4. The van der Waals surface area contributed by atoms with Crippen LogP contribution in [0.25, 0.3) is 0 Å². The molecule has 0 radical (unpaired) electrons. The number of nitro benzene ring substituents is 1. The topological polar surface area (TPSA) is 92.5 Å². The van der Waals surface area contributed by atoms with Crippen molar-refractivity contribution >= 4 is 23.0 Å². The van der Waals surface area contributed by atoms with Crippen LogP contribution >= 0.6 is 0 Å². The van der Waals surface area contributed by atoms with Crippen molar-refractivity contribution in [3.05, 3.63) is 63.7 Å². The molecule has 6 nitrogen and oxygen atoms in total. The van der Waals surface area contributed by atoms with Crippen LogP contribution in [-0.2, 0) is 0 Å². The summed E-state index contributed by atoms with van der Waals surface area (Å²) in [5, 5.41) is 22.3. The normalized spacial score (nSPS) is 10.2. The lowest BCUT2D eigenvalue weighted by Gasteiger charge is -2.10. The molecule has 0 spiro atoms. The van der Waals surface area contributed by atoms with Crippen molar-refractivity contribution in [1.82, 2.24) is 0 Å². The fraction of sp³-hybridized carbons (Fsp3) is 0. The van der Waals surface area contributed by atoms with E-state index in [-0.39, 0.29) is 11.4 Å². The summed E-state index contributed by atoms with van der Waals surface area (Å²) < 4.78 is 26.4. The Balaban J connectivity index is 2.56. The number of rotatable bonds is 4. The number of nitrogens with zero attached hydrogens (tertiary/aromatic N) is 1. The van der Waals surface area contributed by atoms with Gasteiger partial charge in [-0.05, 0) is 18.2 Å². The Morgan fingerprint density at radius 2 is 1.95 bits per heavy atom. The van der Waals surface area contributed by atoms with Crippen molar-refractivity contribution in [3.8, 4) is 0 Å². The van der Waals surface area contributed by atoms with Gasteiger partial charge in [-0.15, -0.1) is 0 Å². The van der Waals surface area contributed by atoms with Gasteiger partial charge < -0.3 is 10.4 Å². The van der Waals surface area contributed by atoms with Gasteiger partial charge in [0.15, 0.2) is 0 Å². The zero-order valence-corrected chi connectivity index (χ0v) is 10.3. The van der Waals surface area contributed by atoms with Crippen molar-refractivity contribution in [2.45, 2.75) is 0 Å². The first-order chi connectivity index (χ1) is 9.90. The number of halogens is 2. The quantitative estimate of drug-likeness (QED) is 0.666. The summed E-state index contributed by atoms with van der Waals surface area (Å²) in [6.45, 7) is 0. The molecule has 0 aliphatic rings. The van der Waals surface area contributed by atoms with Crippen molar-refractivity contribution in [3.63, 3.8) is 0 Å². The zero-order valence-electron chi connectivity index (χ0n) is 10.3. The smallest absolute Gasteiger partial charge is 0.338 e. The number of benzene rings is 2. The van der Waals surface area contributed by atoms with Gasteiger partial charge in [0.1, 0.15) is 17.3 Å². The number of carboxylic acids is 1. The highest BCUT2D eigenvalue weighted by Crippen LogP contribution is 2.32. The highest BCUT2D eigenvalue weighted by molar-refractivity contribution is 5.98. The molecule has 21 heavy (non-hydrogen) atoms.